The van der Waals surface area contributed by atoms with Crippen LogP contribution in [0.25, 0.3) is 11.3 Å². The molecule has 82 valence electrons. The number of aromatic nitrogens is 2. The molecule has 0 saturated heterocycles. The minimum atomic E-state index is -1.01. The lowest BCUT2D eigenvalue weighted by Gasteiger charge is -2.03. The molecule has 0 spiro atoms. The molecule has 1 N–H and O–H groups in total. The summed E-state index contributed by atoms with van der Waals surface area (Å²) >= 11 is 0. The van der Waals surface area contributed by atoms with E-state index in [1.54, 1.807) is 17.8 Å². The van der Waals surface area contributed by atoms with E-state index < -0.39 is 5.97 Å². The van der Waals surface area contributed by atoms with Crippen molar-refractivity contribution in [3.8, 4) is 11.3 Å². The first-order valence-electron chi connectivity index (χ1n) is 4.91. The van der Waals surface area contributed by atoms with Gasteiger partial charge < -0.3 is 9.67 Å². The molecule has 0 radical (unpaired) electrons. The minimum Gasteiger partial charge on any atom is -0.475 e. The molecule has 2 rings (SSSR count). The number of nitrogens with zero attached hydrogens (tertiary/aromatic N) is 2. The highest BCUT2D eigenvalue weighted by atomic mass is 16.4. The lowest BCUT2D eigenvalue weighted by Crippen LogP contribution is -2.06. The molecular weight excluding hydrogens is 204 g/mol. The molecule has 1 aromatic heterocycles. The van der Waals surface area contributed by atoms with Gasteiger partial charge in [0.25, 0.3) is 0 Å². The molecule has 0 unspecified atom stereocenters. The molecule has 0 aliphatic heterocycles. The Kier molecular flexibility index (Phi) is 2.48. The summed E-state index contributed by atoms with van der Waals surface area (Å²) in [6.45, 7) is 2.01. The molecule has 0 aliphatic carbocycles. The van der Waals surface area contributed by atoms with Crippen molar-refractivity contribution in [1.29, 1.82) is 0 Å². The maximum atomic E-state index is 10.8. The number of carboxylic acid groups (broad SMARTS) is 1. The highest BCUT2D eigenvalue weighted by Gasteiger charge is 2.13. The number of hydrogen-bond acceptors (Lipinski definition) is 2. The van der Waals surface area contributed by atoms with E-state index in [-0.39, 0.29) is 5.82 Å². The van der Waals surface area contributed by atoms with Crippen LogP contribution >= 0.6 is 0 Å². The highest BCUT2D eigenvalue weighted by Crippen LogP contribution is 2.20. The molecule has 4 heteroatoms. The fourth-order valence-electron chi connectivity index (χ4n) is 1.60. The molecule has 0 aliphatic rings. The van der Waals surface area contributed by atoms with Crippen LogP contribution in [0.3, 0.4) is 0 Å². The Labute approximate surface area is 93.2 Å². The number of hydrogen-bond donors (Lipinski definition) is 1. The van der Waals surface area contributed by atoms with Gasteiger partial charge in [-0.25, -0.2) is 9.78 Å². The van der Waals surface area contributed by atoms with E-state index in [4.69, 9.17) is 5.11 Å². The Morgan fingerprint density at radius 3 is 2.44 bits per heavy atom. The largest absolute Gasteiger partial charge is 0.475 e. The summed E-state index contributed by atoms with van der Waals surface area (Å²) in [5, 5.41) is 8.89. The van der Waals surface area contributed by atoms with Gasteiger partial charge in [-0.05, 0) is 12.5 Å². The highest BCUT2D eigenvalue weighted by molar-refractivity contribution is 5.84. The Bertz CT molecular complexity index is 526. The van der Waals surface area contributed by atoms with Crippen molar-refractivity contribution in [2.75, 3.05) is 0 Å². The number of rotatable bonds is 2. The van der Waals surface area contributed by atoms with E-state index in [0.29, 0.717) is 0 Å². The second kappa shape index (κ2) is 3.81. The maximum absolute atomic E-state index is 10.8. The smallest absolute Gasteiger partial charge is 0.372 e. The fourth-order valence-corrected chi connectivity index (χ4v) is 1.60. The summed E-state index contributed by atoms with van der Waals surface area (Å²) in [5.74, 6) is -0.962. The Morgan fingerprint density at radius 2 is 1.94 bits per heavy atom. The first-order valence-corrected chi connectivity index (χ1v) is 4.91. The first-order chi connectivity index (χ1) is 7.59. The van der Waals surface area contributed by atoms with Crippen LogP contribution in [0.2, 0.25) is 0 Å². The van der Waals surface area contributed by atoms with Crippen LogP contribution in [0.5, 0.6) is 0 Å². The number of imidazole rings is 1. The summed E-state index contributed by atoms with van der Waals surface area (Å²) in [5.41, 5.74) is 2.94. The van der Waals surface area contributed by atoms with Crippen molar-refractivity contribution in [3.63, 3.8) is 0 Å². The van der Waals surface area contributed by atoms with Crippen LogP contribution in [0, 0.1) is 6.92 Å². The van der Waals surface area contributed by atoms with E-state index >= 15 is 0 Å². The second-order valence-corrected chi connectivity index (χ2v) is 3.70. The predicted molar refractivity (Wildman–Crippen MR) is 60.3 cm³/mol. The molecule has 0 amide bonds. The third-order valence-corrected chi connectivity index (χ3v) is 2.53. The maximum Gasteiger partial charge on any atom is 0.372 e. The third-order valence-electron chi connectivity index (χ3n) is 2.53. The van der Waals surface area contributed by atoms with Crippen LogP contribution in [-0.2, 0) is 7.05 Å². The quantitative estimate of drug-likeness (QED) is 0.836. The summed E-state index contributed by atoms with van der Waals surface area (Å²) in [4.78, 5) is 14.7. The standard InChI is InChI=1S/C12H12N2O2/c1-8-3-5-9(6-4-8)10-7-13-11(12(15)16)14(10)2/h3-7H,1-2H3,(H,15,16). The second-order valence-electron chi connectivity index (χ2n) is 3.70. The van der Waals surface area contributed by atoms with E-state index in [1.165, 1.54) is 5.56 Å². The van der Waals surface area contributed by atoms with Gasteiger partial charge in [0.2, 0.25) is 5.82 Å². The van der Waals surface area contributed by atoms with Crippen LogP contribution in [0.4, 0.5) is 0 Å². The van der Waals surface area contributed by atoms with E-state index in [2.05, 4.69) is 4.98 Å². The predicted octanol–water partition coefficient (Wildman–Crippen LogP) is 2.09. The number of aromatic carboxylic acids is 1. The molecule has 4 nitrogen and oxygen atoms in total. The van der Waals surface area contributed by atoms with Gasteiger partial charge in [-0.2, -0.15) is 0 Å². The number of carbonyl (C=O) groups is 1. The van der Waals surface area contributed by atoms with Gasteiger partial charge in [0, 0.05) is 7.05 Å². The van der Waals surface area contributed by atoms with Gasteiger partial charge in [0.15, 0.2) is 0 Å². The van der Waals surface area contributed by atoms with Gasteiger partial charge in [0.05, 0.1) is 11.9 Å². The Balaban J connectivity index is 2.49. The van der Waals surface area contributed by atoms with Crippen molar-refractivity contribution in [2.24, 2.45) is 7.05 Å². The zero-order valence-corrected chi connectivity index (χ0v) is 9.14. The fraction of sp³-hybridized carbons (Fsp3) is 0.167. The normalized spacial score (nSPS) is 10.4. The zero-order chi connectivity index (χ0) is 11.7. The van der Waals surface area contributed by atoms with Crippen LogP contribution in [-0.4, -0.2) is 20.6 Å². The molecule has 1 aromatic carbocycles. The van der Waals surface area contributed by atoms with Crippen molar-refractivity contribution in [3.05, 3.63) is 41.9 Å². The summed E-state index contributed by atoms with van der Waals surface area (Å²) in [6.07, 6.45) is 1.58. The van der Waals surface area contributed by atoms with Crippen molar-refractivity contribution in [2.45, 2.75) is 6.92 Å². The van der Waals surface area contributed by atoms with E-state index in [1.807, 2.05) is 31.2 Å². The van der Waals surface area contributed by atoms with E-state index in [0.717, 1.165) is 11.3 Å². The van der Waals surface area contributed by atoms with Gasteiger partial charge in [-0.3, -0.25) is 0 Å². The lowest BCUT2D eigenvalue weighted by molar-refractivity contribution is 0.0680. The number of carboxylic acids is 1. The zero-order valence-electron chi connectivity index (χ0n) is 9.14. The van der Waals surface area contributed by atoms with Gasteiger partial charge >= 0.3 is 5.97 Å². The molecule has 0 fully saturated rings. The molecule has 0 bridgehead atoms. The molecule has 0 saturated carbocycles. The Hall–Kier alpha value is -2.10. The van der Waals surface area contributed by atoms with Crippen LogP contribution < -0.4 is 0 Å². The average molecular weight is 216 g/mol. The SMILES string of the molecule is Cc1ccc(-c2cnc(C(=O)O)n2C)cc1. The topological polar surface area (TPSA) is 55.1 Å². The van der Waals surface area contributed by atoms with Crippen LogP contribution in [0.1, 0.15) is 16.2 Å². The summed E-state index contributed by atoms with van der Waals surface area (Å²) < 4.78 is 1.58. The minimum absolute atomic E-state index is 0.0515. The molecule has 1 heterocycles. The summed E-state index contributed by atoms with van der Waals surface area (Å²) in [7, 11) is 1.70. The van der Waals surface area contributed by atoms with Crippen molar-refractivity contribution < 1.29 is 9.90 Å². The first kappa shape index (κ1) is 10.4. The van der Waals surface area contributed by atoms with Gasteiger partial charge in [-0.1, -0.05) is 29.8 Å². The molecule has 2 aromatic rings. The average Bonchev–Trinajstić information content (AvgIpc) is 2.61. The molecule has 0 atom stereocenters. The van der Waals surface area contributed by atoms with Crippen LogP contribution in [0.15, 0.2) is 30.5 Å². The monoisotopic (exact) mass is 216 g/mol. The third kappa shape index (κ3) is 1.69. The van der Waals surface area contributed by atoms with Gasteiger partial charge in [0.1, 0.15) is 0 Å². The van der Waals surface area contributed by atoms with E-state index in [9.17, 15) is 4.79 Å². The Morgan fingerprint density at radius 1 is 1.31 bits per heavy atom. The summed E-state index contributed by atoms with van der Waals surface area (Å²) in [6, 6.07) is 7.89. The molecular formula is C12H12N2O2. The van der Waals surface area contributed by atoms with Crippen molar-refractivity contribution in [1.82, 2.24) is 9.55 Å². The lowest BCUT2D eigenvalue weighted by atomic mass is 10.1. The number of aryl methyl sites for hydroxylation is 1. The van der Waals surface area contributed by atoms with Gasteiger partial charge in [-0.15, -0.1) is 0 Å². The number of benzene rings is 1. The van der Waals surface area contributed by atoms with Crippen molar-refractivity contribution >= 4 is 5.97 Å². The molecule has 16 heavy (non-hydrogen) atoms.